The molecular weight excluding hydrogens is 472 g/mol. The minimum absolute atomic E-state index is 0.184. The van der Waals surface area contributed by atoms with Gasteiger partial charge in [0.15, 0.2) is 6.23 Å². The van der Waals surface area contributed by atoms with Crippen molar-refractivity contribution >= 4 is 5.91 Å². The zero-order valence-corrected chi connectivity index (χ0v) is 20.9. The first kappa shape index (κ1) is 26.9. The molecule has 4 rings (SSSR count). The number of hydrogen-bond donors (Lipinski definition) is 3. The minimum Gasteiger partial charge on any atom is -0.368 e. The first-order chi connectivity index (χ1) is 18.1. The zero-order chi connectivity index (χ0) is 25.9. The molecule has 1 saturated heterocycles. The monoisotopic (exact) mass is 506 g/mol. The predicted molar refractivity (Wildman–Crippen MR) is 137 cm³/mol. The molecule has 5 atom stereocenters. The summed E-state index contributed by atoms with van der Waals surface area (Å²) in [5.74, 6) is -0.192. The third-order valence-electron chi connectivity index (χ3n) is 6.17. The van der Waals surface area contributed by atoms with E-state index in [0.29, 0.717) is 19.8 Å². The summed E-state index contributed by atoms with van der Waals surface area (Å²) in [6, 6.07) is 29.4. The summed E-state index contributed by atoms with van der Waals surface area (Å²) < 4.78 is 25.3. The minimum atomic E-state index is -0.903. The molecule has 8 heteroatoms. The number of benzene rings is 3. The second kappa shape index (κ2) is 14.0. The fourth-order valence-electron chi connectivity index (χ4n) is 4.30. The SMILES string of the molecule is CC(=O)NCC1OC(NO)C(OCc2ccccc2)C(OCc2ccccc2)C1OCc1ccccc1. The van der Waals surface area contributed by atoms with Gasteiger partial charge in [0, 0.05) is 13.5 Å². The molecule has 1 aliphatic heterocycles. The van der Waals surface area contributed by atoms with E-state index < -0.39 is 30.6 Å². The number of carbonyl (C=O) groups is 1. The molecule has 1 fully saturated rings. The van der Waals surface area contributed by atoms with E-state index in [0.717, 1.165) is 16.7 Å². The molecule has 0 spiro atoms. The average molecular weight is 507 g/mol. The van der Waals surface area contributed by atoms with Gasteiger partial charge < -0.3 is 29.5 Å². The van der Waals surface area contributed by atoms with Crippen LogP contribution in [0.5, 0.6) is 0 Å². The summed E-state index contributed by atoms with van der Waals surface area (Å²) in [5, 5.41) is 12.8. The molecule has 0 bridgehead atoms. The Morgan fingerprint density at radius 2 is 1.16 bits per heavy atom. The van der Waals surface area contributed by atoms with Crippen LogP contribution in [0.25, 0.3) is 0 Å². The van der Waals surface area contributed by atoms with Crippen molar-refractivity contribution in [1.29, 1.82) is 0 Å². The lowest BCUT2D eigenvalue weighted by atomic mass is 9.96. The number of nitrogens with one attached hydrogen (secondary N) is 2. The highest BCUT2D eigenvalue weighted by atomic mass is 16.6. The van der Waals surface area contributed by atoms with Crippen LogP contribution >= 0.6 is 0 Å². The van der Waals surface area contributed by atoms with Crippen LogP contribution in [0.2, 0.25) is 0 Å². The molecule has 0 aromatic heterocycles. The lowest BCUT2D eigenvalue weighted by molar-refractivity contribution is -0.283. The third kappa shape index (κ3) is 7.93. The molecule has 3 aromatic carbocycles. The van der Waals surface area contributed by atoms with Crippen molar-refractivity contribution in [2.75, 3.05) is 6.54 Å². The number of amides is 1. The van der Waals surface area contributed by atoms with Crippen LogP contribution in [0.1, 0.15) is 23.6 Å². The largest absolute Gasteiger partial charge is 0.368 e. The predicted octanol–water partition coefficient (Wildman–Crippen LogP) is 3.58. The molecule has 3 N–H and O–H groups in total. The normalized spacial score (nSPS) is 23.5. The van der Waals surface area contributed by atoms with E-state index in [1.807, 2.05) is 91.0 Å². The Bertz CT molecular complexity index is 1070. The van der Waals surface area contributed by atoms with Crippen LogP contribution in [0.4, 0.5) is 0 Å². The highest BCUT2D eigenvalue weighted by molar-refractivity contribution is 5.72. The van der Waals surface area contributed by atoms with Crippen molar-refractivity contribution < 1.29 is 28.9 Å². The van der Waals surface area contributed by atoms with Crippen molar-refractivity contribution in [3.63, 3.8) is 0 Å². The van der Waals surface area contributed by atoms with Gasteiger partial charge in [-0.25, -0.2) is 0 Å². The molecular formula is C29H34N2O6. The van der Waals surface area contributed by atoms with Crippen molar-refractivity contribution in [2.45, 2.75) is 57.4 Å². The van der Waals surface area contributed by atoms with E-state index in [2.05, 4.69) is 10.8 Å². The average Bonchev–Trinajstić information content (AvgIpc) is 2.94. The first-order valence-electron chi connectivity index (χ1n) is 12.4. The Kier molecular flexibility index (Phi) is 10.2. The highest BCUT2D eigenvalue weighted by Gasteiger charge is 2.48. The van der Waals surface area contributed by atoms with Gasteiger partial charge in [0.1, 0.15) is 24.4 Å². The fraction of sp³-hybridized carbons (Fsp3) is 0.345. The standard InChI is InChI=1S/C29H34N2O6/c1-21(32)30-17-25-26(34-18-22-11-5-2-6-12-22)27(35-19-23-13-7-3-8-14-23)28(29(31-33)37-25)36-20-24-15-9-4-10-16-24/h2-16,25-29,31,33H,17-20H2,1H3,(H,30,32). The lowest BCUT2D eigenvalue weighted by Crippen LogP contribution is -2.65. The van der Waals surface area contributed by atoms with Gasteiger partial charge in [-0.05, 0) is 16.7 Å². The molecule has 3 aromatic rings. The van der Waals surface area contributed by atoms with Gasteiger partial charge in [-0.1, -0.05) is 91.0 Å². The summed E-state index contributed by atoms with van der Waals surface area (Å²) in [6.45, 7) is 2.55. The third-order valence-corrected chi connectivity index (χ3v) is 6.17. The second-order valence-electron chi connectivity index (χ2n) is 8.94. The molecule has 1 aliphatic rings. The number of rotatable bonds is 12. The van der Waals surface area contributed by atoms with Gasteiger partial charge in [0.05, 0.1) is 19.8 Å². The van der Waals surface area contributed by atoms with Crippen LogP contribution in [0.15, 0.2) is 91.0 Å². The van der Waals surface area contributed by atoms with E-state index in [9.17, 15) is 10.0 Å². The summed E-state index contributed by atoms with van der Waals surface area (Å²) >= 11 is 0. The number of ether oxygens (including phenoxy) is 4. The van der Waals surface area contributed by atoms with Gasteiger partial charge >= 0.3 is 0 Å². The maximum absolute atomic E-state index is 11.7. The lowest BCUT2D eigenvalue weighted by Gasteiger charge is -2.45. The van der Waals surface area contributed by atoms with E-state index in [-0.39, 0.29) is 12.5 Å². The van der Waals surface area contributed by atoms with Crippen molar-refractivity contribution in [3.05, 3.63) is 108 Å². The van der Waals surface area contributed by atoms with Crippen LogP contribution in [-0.4, -0.2) is 48.3 Å². The molecule has 0 aliphatic carbocycles. The van der Waals surface area contributed by atoms with Gasteiger partial charge in [-0.2, -0.15) is 5.48 Å². The zero-order valence-electron chi connectivity index (χ0n) is 20.9. The van der Waals surface area contributed by atoms with Crippen molar-refractivity contribution in [2.24, 2.45) is 0 Å². The Labute approximate surface area is 217 Å². The van der Waals surface area contributed by atoms with Gasteiger partial charge in [0.25, 0.3) is 0 Å². The van der Waals surface area contributed by atoms with Gasteiger partial charge in [0.2, 0.25) is 5.91 Å². The maximum Gasteiger partial charge on any atom is 0.216 e. The van der Waals surface area contributed by atoms with Gasteiger partial charge in [-0.3, -0.25) is 4.79 Å². The smallest absolute Gasteiger partial charge is 0.216 e. The first-order valence-corrected chi connectivity index (χ1v) is 12.4. The van der Waals surface area contributed by atoms with Crippen LogP contribution in [0, 0.1) is 0 Å². The molecule has 8 nitrogen and oxygen atoms in total. The molecule has 0 saturated carbocycles. The van der Waals surface area contributed by atoms with E-state index >= 15 is 0 Å². The quantitative estimate of drug-likeness (QED) is 0.323. The van der Waals surface area contributed by atoms with Crippen LogP contribution < -0.4 is 10.8 Å². The van der Waals surface area contributed by atoms with Crippen molar-refractivity contribution in [1.82, 2.24) is 10.8 Å². The Balaban J connectivity index is 1.60. The topological polar surface area (TPSA) is 98.3 Å². The second-order valence-corrected chi connectivity index (χ2v) is 8.94. The molecule has 196 valence electrons. The highest BCUT2D eigenvalue weighted by Crippen LogP contribution is 2.29. The van der Waals surface area contributed by atoms with E-state index in [1.54, 1.807) is 0 Å². The van der Waals surface area contributed by atoms with Crippen LogP contribution in [-0.2, 0) is 43.6 Å². The summed E-state index contributed by atoms with van der Waals surface area (Å²) in [7, 11) is 0. The summed E-state index contributed by atoms with van der Waals surface area (Å²) in [5.41, 5.74) is 5.19. The van der Waals surface area contributed by atoms with E-state index in [1.165, 1.54) is 6.92 Å². The molecule has 37 heavy (non-hydrogen) atoms. The molecule has 5 unspecified atom stereocenters. The Morgan fingerprint density at radius 3 is 1.59 bits per heavy atom. The fourth-order valence-corrected chi connectivity index (χ4v) is 4.30. The molecule has 1 heterocycles. The number of carbonyl (C=O) groups excluding carboxylic acids is 1. The number of hydroxylamine groups is 1. The Morgan fingerprint density at radius 1 is 0.730 bits per heavy atom. The molecule has 0 radical (unpaired) electrons. The van der Waals surface area contributed by atoms with Gasteiger partial charge in [-0.15, -0.1) is 0 Å². The summed E-state index contributed by atoms with van der Waals surface area (Å²) in [4.78, 5) is 11.7. The van der Waals surface area contributed by atoms with Crippen molar-refractivity contribution in [3.8, 4) is 0 Å². The summed E-state index contributed by atoms with van der Waals surface area (Å²) in [6.07, 6.45) is -3.43. The Hall–Kier alpha value is -3.11. The molecule has 1 amide bonds. The maximum atomic E-state index is 11.7. The van der Waals surface area contributed by atoms with Crippen LogP contribution in [0.3, 0.4) is 0 Å². The number of hydrogen-bond acceptors (Lipinski definition) is 7. The van der Waals surface area contributed by atoms with E-state index in [4.69, 9.17) is 18.9 Å².